The average molecular weight is 356 g/mol. The van der Waals surface area contributed by atoms with E-state index < -0.39 is 11.9 Å². The largest absolute Gasteiger partial charge is 0.434 e. The third-order valence-corrected chi connectivity index (χ3v) is 4.08. The number of pyridine rings is 1. The zero-order chi connectivity index (χ0) is 17.5. The molecule has 0 saturated carbocycles. The Morgan fingerprint density at radius 2 is 2.17 bits per heavy atom. The fourth-order valence-electron chi connectivity index (χ4n) is 2.05. The maximum atomic E-state index is 12.6. The van der Waals surface area contributed by atoms with Crippen LogP contribution in [0.1, 0.15) is 21.1 Å². The molecule has 7 nitrogen and oxygen atoms in total. The lowest BCUT2D eigenvalue weighted by Crippen LogP contribution is -2.26. The number of aryl methyl sites for hydroxylation is 1. The van der Waals surface area contributed by atoms with Gasteiger partial charge in [0.05, 0.1) is 12.1 Å². The van der Waals surface area contributed by atoms with E-state index in [-0.39, 0.29) is 23.0 Å². The van der Waals surface area contributed by atoms with Crippen molar-refractivity contribution >= 4 is 28.4 Å². The highest BCUT2D eigenvalue weighted by Gasteiger charge is 2.33. The summed E-state index contributed by atoms with van der Waals surface area (Å²) in [6, 6.07) is 1.54. The monoisotopic (exact) mass is 356 g/mol. The quantitative estimate of drug-likeness (QED) is 0.718. The number of hydrogen-bond donors (Lipinski definition) is 0. The second-order valence-electron chi connectivity index (χ2n) is 5.07. The van der Waals surface area contributed by atoms with Crippen LogP contribution >= 0.6 is 11.3 Å². The summed E-state index contributed by atoms with van der Waals surface area (Å²) >= 11 is 0.857. The van der Waals surface area contributed by atoms with Crippen LogP contribution in [0.25, 0.3) is 11.2 Å². The molecular formula is C13H11F3N6OS. The Kier molecular flexibility index (Phi) is 3.95. The second-order valence-corrected chi connectivity index (χ2v) is 6.01. The van der Waals surface area contributed by atoms with Gasteiger partial charge in [0.1, 0.15) is 10.5 Å². The molecule has 0 spiro atoms. The molecule has 0 saturated heterocycles. The van der Waals surface area contributed by atoms with Gasteiger partial charge >= 0.3 is 6.18 Å². The molecule has 126 valence electrons. The van der Waals surface area contributed by atoms with Gasteiger partial charge in [-0.15, -0.1) is 16.4 Å². The van der Waals surface area contributed by atoms with Crippen LogP contribution in [0, 0.1) is 0 Å². The SMILES string of the molecule is CN(Cc1nc(C(F)(F)F)cs1)C(=O)c1cnc2c(c1)nnn2C. The second kappa shape index (κ2) is 5.82. The molecule has 0 bridgehead atoms. The Hall–Kier alpha value is -2.56. The Labute approximate surface area is 137 Å². The third kappa shape index (κ3) is 3.07. The van der Waals surface area contributed by atoms with Gasteiger partial charge in [-0.1, -0.05) is 5.21 Å². The lowest BCUT2D eigenvalue weighted by atomic mass is 10.2. The zero-order valence-corrected chi connectivity index (χ0v) is 13.4. The van der Waals surface area contributed by atoms with Crippen LogP contribution in [-0.2, 0) is 19.8 Å². The van der Waals surface area contributed by atoms with Gasteiger partial charge in [0.15, 0.2) is 11.3 Å². The van der Waals surface area contributed by atoms with Crippen LogP contribution < -0.4 is 0 Å². The minimum atomic E-state index is -4.49. The number of halogens is 3. The molecule has 3 aromatic heterocycles. The van der Waals surface area contributed by atoms with E-state index in [1.54, 1.807) is 7.05 Å². The highest BCUT2D eigenvalue weighted by atomic mass is 32.1. The van der Waals surface area contributed by atoms with Crippen LogP contribution in [0.3, 0.4) is 0 Å². The molecule has 0 N–H and O–H groups in total. The number of nitrogens with zero attached hydrogens (tertiary/aromatic N) is 6. The smallest absolute Gasteiger partial charge is 0.335 e. The van der Waals surface area contributed by atoms with Crippen molar-refractivity contribution in [1.82, 2.24) is 29.9 Å². The molecule has 0 aromatic carbocycles. The Morgan fingerprint density at radius 1 is 1.42 bits per heavy atom. The summed E-state index contributed by atoms with van der Waals surface area (Å²) in [6.45, 7) is -0.0297. The molecule has 0 fully saturated rings. The van der Waals surface area contributed by atoms with Gasteiger partial charge < -0.3 is 4.90 Å². The first-order valence-electron chi connectivity index (χ1n) is 6.68. The fraction of sp³-hybridized carbons (Fsp3) is 0.308. The van der Waals surface area contributed by atoms with Gasteiger partial charge in [-0.25, -0.2) is 14.6 Å². The molecule has 0 aliphatic heterocycles. The minimum absolute atomic E-state index is 0.0297. The number of fused-ring (bicyclic) bond motifs is 1. The molecular weight excluding hydrogens is 345 g/mol. The van der Waals surface area contributed by atoms with Crippen LogP contribution in [0.2, 0.25) is 0 Å². The summed E-state index contributed by atoms with van der Waals surface area (Å²) in [5, 5.41) is 8.81. The molecule has 1 amide bonds. The maximum absolute atomic E-state index is 12.6. The predicted octanol–water partition coefficient (Wildman–Crippen LogP) is 2.11. The summed E-state index contributed by atoms with van der Waals surface area (Å²) in [7, 11) is 3.16. The van der Waals surface area contributed by atoms with Crippen molar-refractivity contribution in [2.45, 2.75) is 12.7 Å². The number of thiazole rings is 1. The lowest BCUT2D eigenvalue weighted by Gasteiger charge is -2.15. The van der Waals surface area contributed by atoms with Crippen molar-refractivity contribution in [3.05, 3.63) is 33.9 Å². The standard InChI is InChI=1S/C13H11F3N6OS/c1-21(5-10-18-9(6-24-10)13(14,15)16)12(23)7-3-8-11(17-4-7)22(2)20-19-8/h3-4,6H,5H2,1-2H3. The first-order valence-corrected chi connectivity index (χ1v) is 7.56. The van der Waals surface area contributed by atoms with Gasteiger partial charge in [-0.05, 0) is 6.07 Å². The first kappa shape index (κ1) is 16.3. The van der Waals surface area contributed by atoms with E-state index in [2.05, 4.69) is 20.3 Å². The van der Waals surface area contributed by atoms with Crippen molar-refractivity contribution in [2.24, 2.45) is 7.05 Å². The Morgan fingerprint density at radius 3 is 2.83 bits per heavy atom. The van der Waals surface area contributed by atoms with Gasteiger partial charge in [0, 0.05) is 25.7 Å². The van der Waals surface area contributed by atoms with Crippen molar-refractivity contribution < 1.29 is 18.0 Å². The van der Waals surface area contributed by atoms with E-state index in [1.807, 2.05) is 0 Å². The fourth-order valence-corrected chi connectivity index (χ4v) is 2.91. The number of rotatable bonds is 3. The molecule has 0 atom stereocenters. The van der Waals surface area contributed by atoms with Gasteiger partial charge in [-0.3, -0.25) is 4.79 Å². The molecule has 3 aromatic rings. The van der Waals surface area contributed by atoms with Crippen LogP contribution in [0.15, 0.2) is 17.6 Å². The summed E-state index contributed by atoms with van der Waals surface area (Å²) < 4.78 is 39.1. The Bertz CT molecular complexity index is 903. The predicted molar refractivity (Wildman–Crippen MR) is 79.2 cm³/mol. The summed E-state index contributed by atoms with van der Waals surface area (Å²) in [6.07, 6.45) is -3.11. The van der Waals surface area contributed by atoms with E-state index in [1.165, 1.54) is 28.9 Å². The number of hydrogen-bond acceptors (Lipinski definition) is 6. The van der Waals surface area contributed by atoms with Gasteiger partial charge in [0.25, 0.3) is 5.91 Å². The van der Waals surface area contributed by atoms with E-state index in [0.717, 1.165) is 16.7 Å². The van der Waals surface area contributed by atoms with Crippen molar-refractivity contribution in [3.63, 3.8) is 0 Å². The maximum Gasteiger partial charge on any atom is 0.434 e. The van der Waals surface area contributed by atoms with Crippen molar-refractivity contribution in [1.29, 1.82) is 0 Å². The number of alkyl halides is 3. The summed E-state index contributed by atoms with van der Waals surface area (Å²) in [4.78, 5) is 21.3. The van der Waals surface area contributed by atoms with E-state index >= 15 is 0 Å². The topological polar surface area (TPSA) is 76.8 Å². The lowest BCUT2D eigenvalue weighted by molar-refractivity contribution is -0.140. The number of amides is 1. The molecule has 0 aliphatic carbocycles. The van der Waals surface area contributed by atoms with E-state index in [9.17, 15) is 18.0 Å². The molecule has 11 heteroatoms. The number of aromatic nitrogens is 5. The average Bonchev–Trinajstić information content (AvgIpc) is 3.13. The van der Waals surface area contributed by atoms with Gasteiger partial charge in [-0.2, -0.15) is 13.2 Å². The van der Waals surface area contributed by atoms with Crippen molar-refractivity contribution in [2.75, 3.05) is 7.05 Å². The Balaban J connectivity index is 1.77. The van der Waals surface area contributed by atoms with Crippen LogP contribution in [0.5, 0.6) is 0 Å². The highest BCUT2D eigenvalue weighted by Crippen LogP contribution is 2.30. The molecule has 0 unspecified atom stereocenters. The van der Waals surface area contributed by atoms with Crippen molar-refractivity contribution in [3.8, 4) is 0 Å². The van der Waals surface area contributed by atoms with Crippen LogP contribution in [-0.4, -0.2) is 42.8 Å². The first-order chi connectivity index (χ1) is 11.3. The number of carbonyl (C=O) groups is 1. The summed E-state index contributed by atoms with van der Waals surface area (Å²) in [5.41, 5.74) is 0.318. The molecule has 3 rings (SSSR count). The molecule has 0 radical (unpaired) electrons. The van der Waals surface area contributed by atoms with E-state index in [0.29, 0.717) is 11.2 Å². The number of carbonyl (C=O) groups excluding carboxylic acids is 1. The normalized spacial score (nSPS) is 11.9. The zero-order valence-electron chi connectivity index (χ0n) is 12.6. The molecule has 3 heterocycles. The van der Waals surface area contributed by atoms with Gasteiger partial charge in [0.2, 0.25) is 0 Å². The molecule has 0 aliphatic rings. The third-order valence-electron chi connectivity index (χ3n) is 3.25. The highest BCUT2D eigenvalue weighted by molar-refractivity contribution is 7.09. The molecule has 24 heavy (non-hydrogen) atoms. The minimum Gasteiger partial charge on any atom is -0.335 e. The van der Waals surface area contributed by atoms with E-state index in [4.69, 9.17) is 0 Å². The van der Waals surface area contributed by atoms with Crippen LogP contribution in [0.4, 0.5) is 13.2 Å². The summed E-state index contributed by atoms with van der Waals surface area (Å²) in [5.74, 6) is -0.390.